The topological polar surface area (TPSA) is 50.4 Å². The van der Waals surface area contributed by atoms with Gasteiger partial charge in [-0.05, 0) is 24.6 Å². The quantitative estimate of drug-likeness (QED) is 0.858. The van der Waals surface area contributed by atoms with Crippen molar-refractivity contribution in [3.8, 4) is 0 Å². The molecule has 0 atom stereocenters. The van der Waals surface area contributed by atoms with E-state index in [1.54, 1.807) is 6.07 Å². The van der Waals surface area contributed by atoms with Crippen molar-refractivity contribution >= 4 is 5.97 Å². The summed E-state index contributed by atoms with van der Waals surface area (Å²) >= 11 is 0. The molecule has 0 aliphatic carbocycles. The van der Waals surface area contributed by atoms with E-state index in [9.17, 15) is 4.79 Å². The maximum atomic E-state index is 10.6. The van der Waals surface area contributed by atoms with Gasteiger partial charge in [-0.15, -0.1) is 0 Å². The number of aryl methyl sites for hydroxylation is 1. The summed E-state index contributed by atoms with van der Waals surface area (Å²) in [5.41, 5.74) is 2.30. The summed E-state index contributed by atoms with van der Waals surface area (Å²) in [6.45, 7) is 2.02. The predicted octanol–water partition coefficient (Wildman–Crippen LogP) is 2.88. The van der Waals surface area contributed by atoms with Crippen molar-refractivity contribution in [2.45, 2.75) is 13.3 Å². The lowest BCUT2D eigenvalue weighted by molar-refractivity contribution is 0.0660. The molecule has 0 aliphatic rings. The fourth-order valence-electron chi connectivity index (χ4n) is 1.61. The van der Waals surface area contributed by atoms with Crippen LogP contribution < -0.4 is 0 Å². The summed E-state index contributed by atoms with van der Waals surface area (Å²) in [6.07, 6.45) is 0.620. The van der Waals surface area contributed by atoms with E-state index in [2.05, 4.69) is 6.07 Å². The molecule has 0 unspecified atom stereocenters. The maximum absolute atomic E-state index is 10.6. The van der Waals surface area contributed by atoms with Gasteiger partial charge in [0.1, 0.15) is 5.76 Å². The fourth-order valence-corrected chi connectivity index (χ4v) is 1.61. The van der Waals surface area contributed by atoms with Gasteiger partial charge in [-0.25, -0.2) is 4.79 Å². The van der Waals surface area contributed by atoms with E-state index >= 15 is 0 Å². The lowest BCUT2D eigenvalue weighted by Gasteiger charge is -1.99. The van der Waals surface area contributed by atoms with Gasteiger partial charge in [-0.3, -0.25) is 0 Å². The van der Waals surface area contributed by atoms with Crippen LogP contribution in [-0.2, 0) is 6.42 Å². The summed E-state index contributed by atoms with van der Waals surface area (Å²) in [5, 5.41) is 8.71. The van der Waals surface area contributed by atoms with Crippen LogP contribution in [-0.4, -0.2) is 11.1 Å². The molecule has 82 valence electrons. The monoisotopic (exact) mass is 216 g/mol. The van der Waals surface area contributed by atoms with Gasteiger partial charge in [-0.1, -0.05) is 29.8 Å². The molecule has 1 aromatic carbocycles. The second kappa shape index (κ2) is 4.23. The van der Waals surface area contributed by atoms with E-state index in [1.807, 2.05) is 25.1 Å². The number of hydrogen-bond donors (Lipinski definition) is 1. The highest BCUT2D eigenvalue weighted by molar-refractivity contribution is 5.84. The first kappa shape index (κ1) is 10.5. The minimum absolute atomic E-state index is 0.0114. The Morgan fingerprint density at radius 2 is 2.12 bits per heavy atom. The van der Waals surface area contributed by atoms with Crippen LogP contribution >= 0.6 is 0 Å². The van der Waals surface area contributed by atoms with Crippen LogP contribution in [0.2, 0.25) is 0 Å². The molecule has 0 spiro atoms. The molecule has 0 amide bonds. The Morgan fingerprint density at radius 1 is 1.31 bits per heavy atom. The molecule has 0 saturated carbocycles. The number of hydrogen-bond acceptors (Lipinski definition) is 2. The van der Waals surface area contributed by atoms with Crippen LogP contribution in [0.25, 0.3) is 0 Å². The summed E-state index contributed by atoms with van der Waals surface area (Å²) in [7, 11) is 0. The van der Waals surface area contributed by atoms with Crippen molar-refractivity contribution in [3.05, 3.63) is 59.0 Å². The Balaban J connectivity index is 2.17. The molecule has 1 heterocycles. The van der Waals surface area contributed by atoms with Gasteiger partial charge in [0.05, 0.1) is 0 Å². The van der Waals surface area contributed by atoms with Crippen LogP contribution in [0.15, 0.2) is 40.8 Å². The molecule has 2 rings (SSSR count). The van der Waals surface area contributed by atoms with Crippen molar-refractivity contribution in [3.63, 3.8) is 0 Å². The second-order valence-corrected chi connectivity index (χ2v) is 3.74. The maximum Gasteiger partial charge on any atom is 0.371 e. The third kappa shape index (κ3) is 2.31. The number of aromatic carboxylic acids is 1. The smallest absolute Gasteiger partial charge is 0.371 e. The number of carbonyl (C=O) groups is 1. The zero-order valence-electron chi connectivity index (χ0n) is 8.93. The third-order valence-corrected chi connectivity index (χ3v) is 2.33. The van der Waals surface area contributed by atoms with Gasteiger partial charge in [0, 0.05) is 6.42 Å². The van der Waals surface area contributed by atoms with Gasteiger partial charge in [0.2, 0.25) is 5.76 Å². The SMILES string of the molecule is Cc1cccc(Cc2ccc(C(=O)O)o2)c1. The molecule has 3 nitrogen and oxygen atoms in total. The zero-order valence-corrected chi connectivity index (χ0v) is 8.93. The lowest BCUT2D eigenvalue weighted by atomic mass is 10.1. The molecule has 3 heteroatoms. The molecule has 0 bridgehead atoms. The average molecular weight is 216 g/mol. The standard InChI is InChI=1S/C13H12O3/c1-9-3-2-4-10(7-9)8-11-5-6-12(16-11)13(14)15/h2-7H,8H2,1H3,(H,14,15). The molecule has 0 fully saturated rings. The van der Waals surface area contributed by atoms with E-state index < -0.39 is 5.97 Å². The van der Waals surface area contributed by atoms with Crippen LogP contribution in [0.1, 0.15) is 27.4 Å². The highest BCUT2D eigenvalue weighted by atomic mass is 16.4. The van der Waals surface area contributed by atoms with Crippen LogP contribution in [0.3, 0.4) is 0 Å². The summed E-state index contributed by atoms with van der Waals surface area (Å²) in [5.74, 6) is -0.374. The van der Waals surface area contributed by atoms with E-state index in [4.69, 9.17) is 9.52 Å². The first-order chi connectivity index (χ1) is 7.65. The first-order valence-corrected chi connectivity index (χ1v) is 5.03. The van der Waals surface area contributed by atoms with Gasteiger partial charge in [0.15, 0.2) is 0 Å². The van der Waals surface area contributed by atoms with E-state index in [0.29, 0.717) is 12.2 Å². The Bertz CT molecular complexity index is 511. The largest absolute Gasteiger partial charge is 0.475 e. The Morgan fingerprint density at radius 3 is 2.75 bits per heavy atom. The molecule has 0 radical (unpaired) electrons. The summed E-state index contributed by atoms with van der Waals surface area (Å²) in [4.78, 5) is 10.6. The highest BCUT2D eigenvalue weighted by Crippen LogP contribution is 2.14. The summed E-state index contributed by atoms with van der Waals surface area (Å²) < 4.78 is 5.19. The van der Waals surface area contributed by atoms with Gasteiger partial charge in [-0.2, -0.15) is 0 Å². The number of carboxylic acid groups (broad SMARTS) is 1. The van der Waals surface area contributed by atoms with E-state index in [-0.39, 0.29) is 5.76 Å². The molecular weight excluding hydrogens is 204 g/mol. The van der Waals surface area contributed by atoms with Crippen LogP contribution in [0, 0.1) is 6.92 Å². The third-order valence-electron chi connectivity index (χ3n) is 2.33. The van der Waals surface area contributed by atoms with Crippen molar-refractivity contribution < 1.29 is 14.3 Å². The normalized spacial score (nSPS) is 10.3. The van der Waals surface area contributed by atoms with Crippen molar-refractivity contribution in [2.24, 2.45) is 0 Å². The average Bonchev–Trinajstić information content (AvgIpc) is 2.66. The molecular formula is C13H12O3. The van der Waals surface area contributed by atoms with Crippen LogP contribution in [0.4, 0.5) is 0 Å². The Kier molecular flexibility index (Phi) is 2.77. The zero-order chi connectivity index (χ0) is 11.5. The second-order valence-electron chi connectivity index (χ2n) is 3.74. The van der Waals surface area contributed by atoms with Crippen molar-refractivity contribution in [1.29, 1.82) is 0 Å². The molecule has 0 saturated heterocycles. The fraction of sp³-hybridized carbons (Fsp3) is 0.154. The van der Waals surface area contributed by atoms with Gasteiger partial charge >= 0.3 is 5.97 Å². The molecule has 0 aliphatic heterocycles. The first-order valence-electron chi connectivity index (χ1n) is 5.03. The van der Waals surface area contributed by atoms with Gasteiger partial charge in [0.25, 0.3) is 0 Å². The number of benzene rings is 1. The van der Waals surface area contributed by atoms with E-state index in [1.165, 1.54) is 11.6 Å². The number of rotatable bonds is 3. The number of furan rings is 1. The van der Waals surface area contributed by atoms with E-state index in [0.717, 1.165) is 5.56 Å². The lowest BCUT2D eigenvalue weighted by Crippen LogP contribution is -1.92. The minimum atomic E-state index is -1.03. The van der Waals surface area contributed by atoms with Crippen molar-refractivity contribution in [1.82, 2.24) is 0 Å². The predicted molar refractivity (Wildman–Crippen MR) is 59.7 cm³/mol. The summed E-state index contributed by atoms with van der Waals surface area (Å²) in [6, 6.07) is 11.2. The molecule has 1 aromatic heterocycles. The molecule has 1 N–H and O–H groups in total. The minimum Gasteiger partial charge on any atom is -0.475 e. The van der Waals surface area contributed by atoms with Gasteiger partial charge < -0.3 is 9.52 Å². The number of carboxylic acids is 1. The molecule has 2 aromatic rings. The van der Waals surface area contributed by atoms with Crippen molar-refractivity contribution in [2.75, 3.05) is 0 Å². The Hall–Kier alpha value is -2.03. The molecule has 16 heavy (non-hydrogen) atoms. The van der Waals surface area contributed by atoms with Crippen LogP contribution in [0.5, 0.6) is 0 Å². The Labute approximate surface area is 93.3 Å². The highest BCUT2D eigenvalue weighted by Gasteiger charge is 2.08.